The Bertz CT molecular complexity index is 808. The molecule has 1 rings (SSSR count). The molecule has 4 unspecified atom stereocenters. The first-order valence-corrected chi connectivity index (χ1v) is 9.93. The standard InChI is InChI=1S/C18H31N9O5/c1-9(26-16(30)12(19)4-3-5-23-18(20)21)14(28)25-10(2)15(29)27-13(17(31)32)6-11-7-22-8-24-11/h7-10,12-13H,3-6,19H2,1-2H3,(H,22,24)(H,25,28)(H,26,30)(H,27,29)(H,31,32)(H4,20,21,23). The predicted molar refractivity (Wildman–Crippen MR) is 115 cm³/mol. The SMILES string of the molecule is CC(NC(=O)C(N)CCCN=C(N)N)C(=O)NC(C)C(=O)NC(Cc1cnc[nH]1)C(=O)O. The molecule has 0 saturated carbocycles. The minimum absolute atomic E-state index is 0.00469. The largest absolute Gasteiger partial charge is 0.480 e. The van der Waals surface area contributed by atoms with Gasteiger partial charge in [0.2, 0.25) is 17.7 Å². The molecule has 0 saturated heterocycles. The summed E-state index contributed by atoms with van der Waals surface area (Å²) in [6.07, 6.45) is 3.62. The van der Waals surface area contributed by atoms with Gasteiger partial charge in [0.1, 0.15) is 18.1 Å². The fourth-order valence-electron chi connectivity index (χ4n) is 2.55. The second-order valence-electron chi connectivity index (χ2n) is 7.20. The molecule has 0 aliphatic carbocycles. The number of rotatable bonds is 13. The Balaban J connectivity index is 2.49. The Morgan fingerprint density at radius 2 is 1.69 bits per heavy atom. The van der Waals surface area contributed by atoms with Crippen LogP contribution < -0.4 is 33.2 Å². The normalized spacial score (nSPS) is 14.3. The van der Waals surface area contributed by atoms with Crippen molar-refractivity contribution in [3.63, 3.8) is 0 Å². The highest BCUT2D eigenvalue weighted by Gasteiger charge is 2.26. The number of aliphatic carboxylic acids is 1. The smallest absolute Gasteiger partial charge is 0.326 e. The van der Waals surface area contributed by atoms with Crippen molar-refractivity contribution in [3.05, 3.63) is 18.2 Å². The second-order valence-corrected chi connectivity index (χ2v) is 7.20. The highest BCUT2D eigenvalue weighted by atomic mass is 16.4. The molecule has 1 aromatic rings. The molecular formula is C18H31N9O5. The topological polar surface area (TPSA) is 244 Å². The summed E-state index contributed by atoms with van der Waals surface area (Å²) in [4.78, 5) is 58.5. The molecule has 0 radical (unpaired) electrons. The van der Waals surface area contributed by atoms with E-state index in [1.165, 1.54) is 26.4 Å². The van der Waals surface area contributed by atoms with Crippen molar-refractivity contribution >= 4 is 29.7 Å². The molecule has 0 spiro atoms. The van der Waals surface area contributed by atoms with Crippen LogP contribution in [0.2, 0.25) is 0 Å². The summed E-state index contributed by atoms with van der Waals surface area (Å²) in [5.41, 5.74) is 16.7. The van der Waals surface area contributed by atoms with E-state index in [2.05, 4.69) is 30.9 Å². The number of imidazole rings is 1. The summed E-state index contributed by atoms with van der Waals surface area (Å²) in [7, 11) is 0. The Hall–Kier alpha value is -3.68. The van der Waals surface area contributed by atoms with Crippen LogP contribution in [0.25, 0.3) is 0 Å². The van der Waals surface area contributed by atoms with Crippen LogP contribution in [0.3, 0.4) is 0 Å². The summed E-state index contributed by atoms with van der Waals surface area (Å²) in [6.45, 7) is 3.15. The monoisotopic (exact) mass is 453 g/mol. The molecule has 1 heterocycles. The summed E-state index contributed by atoms with van der Waals surface area (Å²) >= 11 is 0. The van der Waals surface area contributed by atoms with Gasteiger partial charge in [-0.3, -0.25) is 19.4 Å². The van der Waals surface area contributed by atoms with Gasteiger partial charge in [-0.2, -0.15) is 0 Å². The molecule has 0 aromatic carbocycles. The van der Waals surface area contributed by atoms with Gasteiger partial charge in [0.15, 0.2) is 5.96 Å². The molecular weight excluding hydrogens is 422 g/mol. The third-order valence-corrected chi connectivity index (χ3v) is 4.40. The Kier molecular flexibility index (Phi) is 10.6. The number of carboxylic acid groups (broad SMARTS) is 1. The van der Waals surface area contributed by atoms with Gasteiger partial charge in [-0.25, -0.2) is 9.78 Å². The van der Waals surface area contributed by atoms with Crippen molar-refractivity contribution in [2.24, 2.45) is 22.2 Å². The summed E-state index contributed by atoms with van der Waals surface area (Å²) in [6, 6.07) is -4.09. The van der Waals surface area contributed by atoms with E-state index in [1.54, 1.807) is 0 Å². The zero-order valence-electron chi connectivity index (χ0n) is 18.0. The van der Waals surface area contributed by atoms with Crippen LogP contribution in [0.15, 0.2) is 17.5 Å². The van der Waals surface area contributed by atoms with E-state index >= 15 is 0 Å². The first-order chi connectivity index (χ1) is 15.0. The number of hydrogen-bond donors (Lipinski definition) is 8. The van der Waals surface area contributed by atoms with Crippen LogP contribution in [0.5, 0.6) is 0 Å². The van der Waals surface area contributed by atoms with Gasteiger partial charge in [0.25, 0.3) is 0 Å². The number of amides is 3. The highest BCUT2D eigenvalue weighted by molar-refractivity contribution is 5.93. The van der Waals surface area contributed by atoms with Crippen molar-refractivity contribution in [1.82, 2.24) is 25.9 Å². The van der Waals surface area contributed by atoms with Crippen molar-refractivity contribution in [1.29, 1.82) is 0 Å². The fourth-order valence-corrected chi connectivity index (χ4v) is 2.55. The van der Waals surface area contributed by atoms with E-state index in [4.69, 9.17) is 17.2 Å². The van der Waals surface area contributed by atoms with Crippen LogP contribution in [0.4, 0.5) is 0 Å². The van der Waals surface area contributed by atoms with Gasteiger partial charge in [-0.1, -0.05) is 0 Å². The molecule has 1 aromatic heterocycles. The molecule has 178 valence electrons. The molecule has 0 aliphatic heterocycles. The van der Waals surface area contributed by atoms with Gasteiger partial charge < -0.3 is 43.2 Å². The molecule has 14 heteroatoms. The zero-order chi connectivity index (χ0) is 24.3. The number of nitrogens with two attached hydrogens (primary N) is 3. The van der Waals surface area contributed by atoms with Crippen LogP contribution in [-0.2, 0) is 25.6 Å². The first kappa shape index (κ1) is 26.4. The molecule has 11 N–H and O–H groups in total. The maximum Gasteiger partial charge on any atom is 0.326 e. The number of hydrogen-bond acceptors (Lipinski definition) is 7. The molecule has 3 amide bonds. The van der Waals surface area contributed by atoms with Crippen molar-refractivity contribution < 1.29 is 24.3 Å². The van der Waals surface area contributed by atoms with Crippen molar-refractivity contribution in [2.45, 2.75) is 57.3 Å². The fraction of sp³-hybridized carbons (Fsp3) is 0.556. The van der Waals surface area contributed by atoms with Gasteiger partial charge in [-0.05, 0) is 26.7 Å². The quantitative estimate of drug-likeness (QED) is 0.0855. The lowest BCUT2D eigenvalue weighted by Crippen LogP contribution is -2.55. The molecule has 14 nitrogen and oxygen atoms in total. The number of nitrogens with zero attached hydrogens (tertiary/aromatic N) is 2. The number of guanidine groups is 1. The van der Waals surface area contributed by atoms with E-state index in [0.29, 0.717) is 25.1 Å². The third-order valence-electron chi connectivity index (χ3n) is 4.40. The van der Waals surface area contributed by atoms with E-state index in [9.17, 15) is 24.3 Å². The van der Waals surface area contributed by atoms with Gasteiger partial charge in [-0.15, -0.1) is 0 Å². The minimum Gasteiger partial charge on any atom is -0.480 e. The molecule has 4 atom stereocenters. The van der Waals surface area contributed by atoms with E-state index in [-0.39, 0.29) is 12.4 Å². The number of aliphatic imine (C=N–C) groups is 1. The number of aromatic amines is 1. The van der Waals surface area contributed by atoms with E-state index in [1.807, 2.05) is 0 Å². The molecule has 32 heavy (non-hydrogen) atoms. The third kappa shape index (κ3) is 9.42. The predicted octanol–water partition coefficient (Wildman–Crippen LogP) is -3.09. The number of carbonyl (C=O) groups excluding carboxylic acids is 3. The van der Waals surface area contributed by atoms with Crippen molar-refractivity contribution in [3.8, 4) is 0 Å². The van der Waals surface area contributed by atoms with Crippen LogP contribution in [0.1, 0.15) is 32.4 Å². The maximum absolute atomic E-state index is 12.3. The lowest BCUT2D eigenvalue weighted by Gasteiger charge is -2.21. The lowest BCUT2D eigenvalue weighted by atomic mass is 10.1. The number of carboxylic acids is 1. The Morgan fingerprint density at radius 3 is 2.22 bits per heavy atom. The summed E-state index contributed by atoms with van der Waals surface area (Å²) in [5, 5.41) is 16.6. The maximum atomic E-state index is 12.3. The average Bonchev–Trinajstić information content (AvgIpc) is 3.23. The number of aromatic nitrogens is 2. The van der Waals surface area contributed by atoms with E-state index in [0.717, 1.165) is 0 Å². The van der Waals surface area contributed by atoms with Crippen LogP contribution in [-0.4, -0.2) is 75.4 Å². The number of nitrogens with one attached hydrogen (secondary N) is 4. The average molecular weight is 454 g/mol. The second kappa shape index (κ2) is 12.9. The molecule has 0 fully saturated rings. The van der Waals surface area contributed by atoms with E-state index < -0.39 is 47.9 Å². The number of carbonyl (C=O) groups is 4. The highest BCUT2D eigenvalue weighted by Crippen LogP contribution is 2.00. The molecule has 0 aliphatic rings. The molecule has 0 bridgehead atoms. The summed E-state index contributed by atoms with van der Waals surface area (Å²) in [5.74, 6) is -3.15. The van der Waals surface area contributed by atoms with Crippen LogP contribution >= 0.6 is 0 Å². The van der Waals surface area contributed by atoms with Gasteiger partial charge in [0, 0.05) is 24.9 Å². The number of H-pyrrole nitrogens is 1. The van der Waals surface area contributed by atoms with Gasteiger partial charge >= 0.3 is 5.97 Å². The Labute approximate surface area is 184 Å². The van der Waals surface area contributed by atoms with Crippen molar-refractivity contribution in [2.75, 3.05) is 6.54 Å². The zero-order valence-corrected chi connectivity index (χ0v) is 18.0. The minimum atomic E-state index is -1.24. The first-order valence-electron chi connectivity index (χ1n) is 9.93. The lowest BCUT2D eigenvalue weighted by molar-refractivity contribution is -0.142. The van der Waals surface area contributed by atoms with Crippen LogP contribution in [0, 0.1) is 0 Å². The summed E-state index contributed by atoms with van der Waals surface area (Å²) < 4.78 is 0. The Morgan fingerprint density at radius 1 is 1.09 bits per heavy atom. The van der Waals surface area contributed by atoms with Gasteiger partial charge in [0.05, 0.1) is 12.4 Å².